The predicted molar refractivity (Wildman–Crippen MR) is 70.5 cm³/mol. The van der Waals surface area contributed by atoms with Crippen LogP contribution in [0.5, 0.6) is 0 Å². The van der Waals surface area contributed by atoms with Gasteiger partial charge in [-0.2, -0.15) is 0 Å². The molecule has 1 unspecified atom stereocenters. The second kappa shape index (κ2) is 8.36. The minimum atomic E-state index is 0.450. The van der Waals surface area contributed by atoms with E-state index in [-0.39, 0.29) is 0 Å². The lowest BCUT2D eigenvalue weighted by Crippen LogP contribution is -2.40. The Kier molecular flexibility index (Phi) is 6.93. The second-order valence-electron chi connectivity index (χ2n) is 4.14. The summed E-state index contributed by atoms with van der Waals surface area (Å²) in [5, 5.41) is 10.3. The van der Waals surface area contributed by atoms with E-state index in [4.69, 9.17) is 0 Å². The van der Waals surface area contributed by atoms with Crippen LogP contribution in [0.4, 0.5) is 0 Å². The fraction of sp³-hybridized carbons (Fsp3) is 0.692. The molecule has 1 aliphatic heterocycles. The van der Waals surface area contributed by atoms with Crippen LogP contribution in [0.2, 0.25) is 0 Å². The van der Waals surface area contributed by atoms with Crippen molar-refractivity contribution in [2.24, 2.45) is 0 Å². The maximum Gasteiger partial charge on any atom is 0.0569 e. The Balaban J connectivity index is 2.02. The topological polar surface area (TPSA) is 36.1 Å². The molecule has 0 saturated heterocycles. The van der Waals surface area contributed by atoms with E-state index in [1.807, 2.05) is 0 Å². The van der Waals surface area contributed by atoms with Gasteiger partial charge < -0.3 is 16.0 Å². The first-order chi connectivity index (χ1) is 7.86. The van der Waals surface area contributed by atoms with Crippen LogP contribution in [0.3, 0.4) is 0 Å². The van der Waals surface area contributed by atoms with Crippen molar-refractivity contribution in [2.75, 3.05) is 26.2 Å². The molecule has 0 aromatic carbocycles. The highest BCUT2D eigenvalue weighted by atomic mass is 15.0. The zero-order valence-corrected chi connectivity index (χ0v) is 10.6. The molecular formula is C13H25N3. The van der Waals surface area contributed by atoms with Gasteiger partial charge in [0.25, 0.3) is 0 Å². The van der Waals surface area contributed by atoms with Gasteiger partial charge in [-0.15, -0.1) is 0 Å². The molecule has 0 aromatic rings. The Bertz CT molecular complexity index is 233. The summed E-state index contributed by atoms with van der Waals surface area (Å²) in [4.78, 5) is 0. The Hall–Kier alpha value is -0.800. The summed E-state index contributed by atoms with van der Waals surface area (Å²) in [6.45, 7) is 8.58. The molecule has 0 aromatic heterocycles. The van der Waals surface area contributed by atoms with Crippen LogP contribution in [0, 0.1) is 0 Å². The minimum absolute atomic E-state index is 0.450. The molecule has 0 aliphatic carbocycles. The molecule has 3 nitrogen and oxygen atoms in total. The van der Waals surface area contributed by atoms with E-state index in [1.54, 1.807) is 0 Å². The van der Waals surface area contributed by atoms with Gasteiger partial charge in [-0.1, -0.05) is 26.0 Å². The molecule has 3 N–H and O–H groups in total. The van der Waals surface area contributed by atoms with Gasteiger partial charge in [0.05, 0.1) is 6.04 Å². The fourth-order valence-electron chi connectivity index (χ4n) is 1.72. The molecule has 0 spiro atoms. The van der Waals surface area contributed by atoms with Gasteiger partial charge in [0, 0.05) is 25.3 Å². The van der Waals surface area contributed by atoms with Crippen LogP contribution in [-0.4, -0.2) is 32.2 Å². The Labute approximate surface area is 99.4 Å². The summed E-state index contributed by atoms with van der Waals surface area (Å²) in [5.41, 5.74) is 1.33. The van der Waals surface area contributed by atoms with Crippen molar-refractivity contribution in [3.05, 3.63) is 23.9 Å². The molecule has 0 fully saturated rings. The van der Waals surface area contributed by atoms with Crippen LogP contribution >= 0.6 is 0 Å². The van der Waals surface area contributed by atoms with Gasteiger partial charge >= 0.3 is 0 Å². The highest BCUT2D eigenvalue weighted by Gasteiger charge is 2.07. The van der Waals surface area contributed by atoms with Crippen molar-refractivity contribution >= 4 is 0 Å². The molecule has 0 amide bonds. The minimum Gasteiger partial charge on any atom is -0.381 e. The summed E-state index contributed by atoms with van der Waals surface area (Å²) in [6.07, 6.45) is 8.80. The van der Waals surface area contributed by atoms with Crippen LogP contribution < -0.4 is 16.0 Å². The van der Waals surface area contributed by atoms with Crippen LogP contribution in [0.25, 0.3) is 0 Å². The SMILES string of the molecule is CCCNCCNCC1C=CC=C(CC)N1. The van der Waals surface area contributed by atoms with Crippen LogP contribution in [0.1, 0.15) is 26.7 Å². The van der Waals surface area contributed by atoms with Crippen molar-refractivity contribution in [3.8, 4) is 0 Å². The molecule has 0 saturated carbocycles. The van der Waals surface area contributed by atoms with Crippen molar-refractivity contribution in [1.82, 2.24) is 16.0 Å². The van der Waals surface area contributed by atoms with Gasteiger partial charge in [0.1, 0.15) is 0 Å². The quantitative estimate of drug-likeness (QED) is 0.544. The molecule has 1 rings (SSSR count). The molecule has 0 radical (unpaired) electrons. The van der Waals surface area contributed by atoms with Gasteiger partial charge in [-0.05, 0) is 25.5 Å². The largest absolute Gasteiger partial charge is 0.381 e. The summed E-state index contributed by atoms with van der Waals surface area (Å²) < 4.78 is 0. The summed E-state index contributed by atoms with van der Waals surface area (Å²) in [6, 6.07) is 0.450. The van der Waals surface area contributed by atoms with Gasteiger partial charge in [0.2, 0.25) is 0 Å². The number of nitrogens with one attached hydrogen (secondary N) is 3. The number of rotatable bonds is 8. The van der Waals surface area contributed by atoms with E-state index >= 15 is 0 Å². The first kappa shape index (κ1) is 13.3. The summed E-state index contributed by atoms with van der Waals surface area (Å²) in [5.74, 6) is 0. The molecule has 1 aliphatic rings. The van der Waals surface area contributed by atoms with Crippen molar-refractivity contribution in [3.63, 3.8) is 0 Å². The third-order valence-electron chi connectivity index (χ3n) is 2.66. The van der Waals surface area contributed by atoms with E-state index in [1.165, 1.54) is 12.1 Å². The number of hydrogen-bond donors (Lipinski definition) is 3. The van der Waals surface area contributed by atoms with E-state index in [0.717, 1.165) is 32.6 Å². The van der Waals surface area contributed by atoms with E-state index < -0.39 is 0 Å². The molecule has 1 heterocycles. The summed E-state index contributed by atoms with van der Waals surface area (Å²) in [7, 11) is 0. The van der Waals surface area contributed by atoms with Crippen molar-refractivity contribution in [1.29, 1.82) is 0 Å². The van der Waals surface area contributed by atoms with Gasteiger partial charge in [0.15, 0.2) is 0 Å². The highest BCUT2D eigenvalue weighted by molar-refractivity contribution is 5.19. The molecule has 92 valence electrons. The second-order valence-corrected chi connectivity index (χ2v) is 4.14. The third kappa shape index (κ3) is 5.33. The van der Waals surface area contributed by atoms with Crippen LogP contribution in [-0.2, 0) is 0 Å². The lowest BCUT2D eigenvalue weighted by Gasteiger charge is -2.21. The highest BCUT2D eigenvalue weighted by Crippen LogP contribution is 2.04. The Morgan fingerprint density at radius 3 is 2.75 bits per heavy atom. The van der Waals surface area contributed by atoms with Crippen molar-refractivity contribution < 1.29 is 0 Å². The van der Waals surface area contributed by atoms with Crippen molar-refractivity contribution in [2.45, 2.75) is 32.7 Å². The summed E-state index contributed by atoms with van der Waals surface area (Å²) >= 11 is 0. The molecular weight excluding hydrogens is 198 g/mol. The zero-order valence-electron chi connectivity index (χ0n) is 10.6. The third-order valence-corrected chi connectivity index (χ3v) is 2.66. The maximum atomic E-state index is 3.50. The smallest absolute Gasteiger partial charge is 0.0569 e. The molecule has 16 heavy (non-hydrogen) atoms. The zero-order chi connectivity index (χ0) is 11.6. The van der Waals surface area contributed by atoms with Gasteiger partial charge in [-0.25, -0.2) is 0 Å². The fourth-order valence-corrected chi connectivity index (χ4v) is 1.72. The number of dihydropyridines is 1. The average molecular weight is 223 g/mol. The maximum absolute atomic E-state index is 3.50. The van der Waals surface area contributed by atoms with Gasteiger partial charge in [-0.3, -0.25) is 0 Å². The van der Waals surface area contributed by atoms with E-state index in [2.05, 4.69) is 48.0 Å². The number of hydrogen-bond acceptors (Lipinski definition) is 3. The molecule has 1 atom stereocenters. The Morgan fingerprint density at radius 2 is 2.00 bits per heavy atom. The lowest BCUT2D eigenvalue weighted by molar-refractivity contribution is 0.549. The van der Waals surface area contributed by atoms with Crippen LogP contribution in [0.15, 0.2) is 23.9 Å². The Morgan fingerprint density at radius 1 is 1.19 bits per heavy atom. The lowest BCUT2D eigenvalue weighted by atomic mass is 10.1. The predicted octanol–water partition coefficient (Wildman–Crippen LogP) is 1.40. The normalized spacial score (nSPS) is 19.4. The average Bonchev–Trinajstić information content (AvgIpc) is 2.34. The number of allylic oxidation sites excluding steroid dienone is 3. The van der Waals surface area contributed by atoms with E-state index in [0.29, 0.717) is 6.04 Å². The molecule has 0 bridgehead atoms. The monoisotopic (exact) mass is 223 g/mol. The first-order valence-corrected chi connectivity index (χ1v) is 6.42. The molecule has 3 heteroatoms. The standard InChI is InChI=1S/C13H25N3/c1-3-8-14-9-10-15-11-13-7-5-6-12(4-2)16-13/h5-7,13-16H,3-4,8-11H2,1-2H3. The van der Waals surface area contributed by atoms with E-state index in [9.17, 15) is 0 Å². The first-order valence-electron chi connectivity index (χ1n) is 6.42.